The summed E-state index contributed by atoms with van der Waals surface area (Å²) in [5, 5.41) is 0. The highest BCUT2D eigenvalue weighted by atomic mass is 32.1. The number of anilines is 1. The van der Waals surface area contributed by atoms with Gasteiger partial charge in [-0.25, -0.2) is 9.29 Å². The van der Waals surface area contributed by atoms with E-state index in [1.54, 1.807) is 0 Å². The number of imide groups is 1. The Morgan fingerprint density at radius 1 is 1.33 bits per heavy atom. The Morgan fingerprint density at radius 3 is 2.50 bits per heavy atom. The molecule has 0 bridgehead atoms. The first kappa shape index (κ1) is 11.3. The number of nitrogens with zero attached hydrogens (tertiary/aromatic N) is 1. The summed E-state index contributed by atoms with van der Waals surface area (Å²) in [5.74, 6) is -1.41. The van der Waals surface area contributed by atoms with Crippen molar-refractivity contribution in [3.63, 3.8) is 0 Å². The summed E-state index contributed by atoms with van der Waals surface area (Å²) in [7, 11) is 0. The average molecular weight is 264 g/mol. The fraction of sp³-hybridized carbons (Fsp3) is 0.250. The number of hydrogen-bond donors (Lipinski definition) is 1. The fourth-order valence-electron chi connectivity index (χ4n) is 2.32. The Balaban J connectivity index is 2.10. The van der Waals surface area contributed by atoms with Crippen molar-refractivity contribution in [2.45, 2.75) is 6.42 Å². The zero-order valence-electron chi connectivity index (χ0n) is 9.22. The Morgan fingerprint density at radius 2 is 1.94 bits per heavy atom. The lowest BCUT2D eigenvalue weighted by Gasteiger charge is -2.19. The van der Waals surface area contributed by atoms with Crippen LogP contribution >= 0.6 is 12.2 Å². The van der Waals surface area contributed by atoms with E-state index in [2.05, 4.69) is 0 Å². The van der Waals surface area contributed by atoms with Gasteiger partial charge in [-0.2, -0.15) is 0 Å². The highest BCUT2D eigenvalue weighted by molar-refractivity contribution is 7.80. The van der Waals surface area contributed by atoms with Crippen molar-refractivity contribution in [3.05, 3.63) is 29.6 Å². The molecule has 92 valence electrons. The number of thiocarbonyl (C=S) groups is 1. The topological polar surface area (TPSA) is 63.4 Å². The van der Waals surface area contributed by atoms with Gasteiger partial charge in [0.15, 0.2) is 0 Å². The molecule has 2 amide bonds. The molecule has 0 aromatic heterocycles. The molecule has 2 unspecified atom stereocenters. The van der Waals surface area contributed by atoms with Gasteiger partial charge in [0.05, 0.1) is 17.5 Å². The van der Waals surface area contributed by atoms with Gasteiger partial charge in [0.25, 0.3) is 0 Å². The summed E-state index contributed by atoms with van der Waals surface area (Å²) in [4.78, 5) is 24.9. The number of hydrogen-bond acceptors (Lipinski definition) is 3. The van der Waals surface area contributed by atoms with E-state index in [-0.39, 0.29) is 39.9 Å². The number of carbonyl (C=O) groups is 2. The van der Waals surface area contributed by atoms with Crippen LogP contribution in [0.2, 0.25) is 0 Å². The largest absolute Gasteiger partial charge is 0.389 e. The third-order valence-electron chi connectivity index (χ3n) is 3.33. The molecular weight excluding hydrogens is 255 g/mol. The number of amides is 2. The third kappa shape index (κ3) is 1.45. The smallest absolute Gasteiger partial charge is 0.237 e. The van der Waals surface area contributed by atoms with E-state index >= 15 is 0 Å². The molecule has 1 aromatic rings. The number of carbonyl (C=O) groups excluding carboxylic acids is 2. The van der Waals surface area contributed by atoms with E-state index in [4.69, 9.17) is 18.0 Å². The predicted molar refractivity (Wildman–Crippen MR) is 66.4 cm³/mol. The second kappa shape index (κ2) is 3.58. The highest BCUT2D eigenvalue weighted by Crippen LogP contribution is 2.48. The maximum Gasteiger partial charge on any atom is 0.237 e. The molecule has 1 saturated carbocycles. The Hall–Kier alpha value is -1.82. The molecule has 0 spiro atoms. The monoisotopic (exact) mass is 264 g/mol. The van der Waals surface area contributed by atoms with Crippen molar-refractivity contribution >= 4 is 34.7 Å². The van der Waals surface area contributed by atoms with Crippen molar-refractivity contribution in [2.24, 2.45) is 17.6 Å². The molecule has 1 aromatic carbocycles. The zero-order valence-corrected chi connectivity index (χ0v) is 10.0. The van der Waals surface area contributed by atoms with Crippen molar-refractivity contribution in [2.75, 3.05) is 4.90 Å². The molecule has 0 radical (unpaired) electrons. The van der Waals surface area contributed by atoms with Crippen LogP contribution in [0.1, 0.15) is 12.0 Å². The van der Waals surface area contributed by atoms with Gasteiger partial charge in [0.2, 0.25) is 11.8 Å². The van der Waals surface area contributed by atoms with Gasteiger partial charge < -0.3 is 5.73 Å². The van der Waals surface area contributed by atoms with E-state index in [1.807, 2.05) is 0 Å². The lowest BCUT2D eigenvalue weighted by Crippen LogP contribution is -2.34. The maximum atomic E-state index is 13.2. The molecule has 2 fully saturated rings. The first-order chi connectivity index (χ1) is 8.50. The quantitative estimate of drug-likeness (QED) is 0.638. The molecule has 2 atom stereocenters. The predicted octanol–water partition coefficient (Wildman–Crippen LogP) is 0.969. The molecule has 18 heavy (non-hydrogen) atoms. The van der Waals surface area contributed by atoms with Gasteiger partial charge in [0, 0.05) is 5.56 Å². The lowest BCUT2D eigenvalue weighted by atomic mass is 10.1. The van der Waals surface area contributed by atoms with E-state index < -0.39 is 5.82 Å². The SMILES string of the molecule is NC(=S)c1cc(F)ccc1N1C(=O)C2CC2C1=O. The fourth-order valence-corrected chi connectivity index (χ4v) is 2.48. The van der Waals surface area contributed by atoms with Gasteiger partial charge in [-0.15, -0.1) is 0 Å². The zero-order chi connectivity index (χ0) is 13.0. The second-order valence-electron chi connectivity index (χ2n) is 4.49. The van der Waals surface area contributed by atoms with Crippen molar-refractivity contribution in [1.29, 1.82) is 0 Å². The summed E-state index contributed by atoms with van der Waals surface area (Å²) >= 11 is 4.82. The third-order valence-corrected chi connectivity index (χ3v) is 3.55. The van der Waals surface area contributed by atoms with Gasteiger partial charge in [-0.3, -0.25) is 9.59 Å². The van der Waals surface area contributed by atoms with Crippen molar-refractivity contribution in [3.8, 4) is 0 Å². The van der Waals surface area contributed by atoms with Crippen LogP contribution in [-0.2, 0) is 9.59 Å². The molecule has 2 aliphatic rings. The van der Waals surface area contributed by atoms with Crippen LogP contribution in [0.4, 0.5) is 10.1 Å². The van der Waals surface area contributed by atoms with E-state index in [1.165, 1.54) is 12.1 Å². The minimum Gasteiger partial charge on any atom is -0.389 e. The Bertz CT molecular complexity index is 582. The van der Waals surface area contributed by atoms with Crippen LogP contribution in [0.25, 0.3) is 0 Å². The first-order valence-electron chi connectivity index (χ1n) is 5.48. The van der Waals surface area contributed by atoms with Crippen LogP contribution < -0.4 is 10.6 Å². The summed E-state index contributed by atoms with van der Waals surface area (Å²) in [5.41, 5.74) is 6.00. The van der Waals surface area contributed by atoms with Gasteiger partial charge in [-0.05, 0) is 24.6 Å². The molecule has 2 N–H and O–H groups in total. The Labute approximate surface area is 108 Å². The average Bonchev–Trinajstić information content (AvgIpc) is 3.06. The number of piperidine rings is 1. The van der Waals surface area contributed by atoms with Crippen molar-refractivity contribution < 1.29 is 14.0 Å². The van der Waals surface area contributed by atoms with Crippen LogP contribution in [0.5, 0.6) is 0 Å². The highest BCUT2D eigenvalue weighted by Gasteiger charge is 2.59. The molecule has 3 rings (SSSR count). The molecule has 1 heterocycles. The molecule has 1 saturated heterocycles. The van der Waals surface area contributed by atoms with Gasteiger partial charge in [0.1, 0.15) is 10.8 Å². The van der Waals surface area contributed by atoms with Crippen LogP contribution in [0.3, 0.4) is 0 Å². The molecular formula is C12H9FN2O2S. The van der Waals surface area contributed by atoms with Crippen LogP contribution in [0.15, 0.2) is 18.2 Å². The lowest BCUT2D eigenvalue weighted by molar-refractivity contribution is -0.123. The normalized spacial score (nSPS) is 25.3. The van der Waals surface area contributed by atoms with Crippen molar-refractivity contribution in [1.82, 2.24) is 0 Å². The minimum absolute atomic E-state index is 0.0364. The summed E-state index contributed by atoms with van der Waals surface area (Å²) in [6.07, 6.45) is 0.623. The summed E-state index contributed by atoms with van der Waals surface area (Å²) in [6, 6.07) is 3.69. The van der Waals surface area contributed by atoms with Crippen LogP contribution in [0, 0.1) is 17.7 Å². The standard InChI is InChI=1S/C12H9FN2O2S/c13-5-1-2-9(8(3-5)10(14)18)15-11(16)6-4-7(6)12(15)17/h1-3,6-7H,4H2,(H2,14,18). The van der Waals surface area contributed by atoms with E-state index in [0.29, 0.717) is 6.42 Å². The van der Waals surface area contributed by atoms with E-state index in [9.17, 15) is 14.0 Å². The van der Waals surface area contributed by atoms with Crippen LogP contribution in [-0.4, -0.2) is 16.8 Å². The summed E-state index contributed by atoms with van der Waals surface area (Å²) < 4.78 is 13.2. The second-order valence-corrected chi connectivity index (χ2v) is 4.93. The molecule has 1 aliphatic heterocycles. The number of rotatable bonds is 2. The number of benzene rings is 1. The van der Waals surface area contributed by atoms with Gasteiger partial charge in [-0.1, -0.05) is 12.2 Å². The summed E-state index contributed by atoms with van der Waals surface area (Å²) in [6.45, 7) is 0. The number of halogens is 1. The van der Waals surface area contributed by atoms with E-state index in [0.717, 1.165) is 11.0 Å². The number of fused-ring (bicyclic) bond motifs is 1. The number of nitrogens with two attached hydrogens (primary N) is 1. The van der Waals surface area contributed by atoms with Gasteiger partial charge >= 0.3 is 0 Å². The first-order valence-corrected chi connectivity index (χ1v) is 5.88. The minimum atomic E-state index is -0.509. The maximum absolute atomic E-state index is 13.2. The molecule has 1 aliphatic carbocycles. The molecule has 6 heteroatoms. The molecule has 4 nitrogen and oxygen atoms in total. The Kier molecular flexibility index (Phi) is 2.25.